The highest BCUT2D eigenvalue weighted by atomic mass is 32.2. The third kappa shape index (κ3) is 4.26. The van der Waals surface area contributed by atoms with Crippen molar-refractivity contribution in [3.63, 3.8) is 0 Å². The normalized spacial score (nSPS) is 22.5. The highest BCUT2D eigenvalue weighted by molar-refractivity contribution is 8.01. The number of benzene rings is 2. The van der Waals surface area contributed by atoms with Gasteiger partial charge in [0.05, 0.1) is 6.04 Å². The molecule has 2 heterocycles. The Kier molecular flexibility index (Phi) is 6.27. The molecule has 2 N–H and O–H groups in total. The third-order valence-electron chi connectivity index (χ3n) is 6.45. The van der Waals surface area contributed by atoms with Crippen molar-refractivity contribution in [1.29, 1.82) is 0 Å². The first-order chi connectivity index (χ1) is 15.6. The lowest BCUT2D eigenvalue weighted by atomic mass is 9.97. The summed E-state index contributed by atoms with van der Waals surface area (Å²) in [4.78, 5) is 41.6. The Labute approximate surface area is 199 Å². The molecule has 7 heteroatoms. The van der Waals surface area contributed by atoms with Gasteiger partial charge in [-0.25, -0.2) is 0 Å². The quantitative estimate of drug-likeness (QED) is 0.675. The second kappa shape index (κ2) is 8.86. The summed E-state index contributed by atoms with van der Waals surface area (Å²) in [6, 6.07) is 15.7. The molecule has 0 aliphatic carbocycles. The van der Waals surface area contributed by atoms with Gasteiger partial charge in [-0.3, -0.25) is 14.4 Å². The van der Waals surface area contributed by atoms with Gasteiger partial charge >= 0.3 is 0 Å². The summed E-state index contributed by atoms with van der Waals surface area (Å²) in [6.45, 7) is 9.71. The molecule has 1 saturated heterocycles. The van der Waals surface area contributed by atoms with Crippen LogP contribution in [0.4, 0.5) is 0 Å². The molecule has 6 nitrogen and oxygen atoms in total. The maximum atomic E-state index is 13.6. The van der Waals surface area contributed by atoms with E-state index in [0.717, 1.165) is 11.1 Å². The molecule has 33 heavy (non-hydrogen) atoms. The molecule has 4 rings (SSSR count). The van der Waals surface area contributed by atoms with Crippen molar-refractivity contribution in [3.8, 4) is 0 Å². The number of hydrogen-bond donors (Lipinski definition) is 2. The summed E-state index contributed by atoms with van der Waals surface area (Å²) < 4.78 is -0.493. The molecule has 0 aromatic heterocycles. The van der Waals surface area contributed by atoms with Gasteiger partial charge in [0.15, 0.2) is 0 Å². The van der Waals surface area contributed by atoms with Gasteiger partial charge in [0, 0.05) is 10.3 Å². The zero-order valence-electron chi connectivity index (χ0n) is 19.7. The van der Waals surface area contributed by atoms with Crippen LogP contribution in [0.1, 0.15) is 67.5 Å². The van der Waals surface area contributed by atoms with E-state index in [9.17, 15) is 14.4 Å². The second-order valence-electron chi connectivity index (χ2n) is 9.65. The van der Waals surface area contributed by atoms with E-state index in [1.54, 1.807) is 16.7 Å². The lowest BCUT2D eigenvalue weighted by molar-refractivity contribution is -0.133. The predicted molar refractivity (Wildman–Crippen MR) is 131 cm³/mol. The molecule has 2 aromatic rings. The zero-order valence-corrected chi connectivity index (χ0v) is 20.5. The minimum Gasteiger partial charge on any atom is -0.348 e. The lowest BCUT2D eigenvalue weighted by Gasteiger charge is -2.32. The number of nitrogens with zero attached hydrogens (tertiary/aromatic N) is 1. The minimum absolute atomic E-state index is 0.114. The zero-order chi connectivity index (χ0) is 23.9. The maximum Gasteiger partial charge on any atom is 0.256 e. The summed E-state index contributed by atoms with van der Waals surface area (Å²) in [5, 5.41) is 5.81. The first-order valence-electron chi connectivity index (χ1n) is 11.4. The van der Waals surface area contributed by atoms with Gasteiger partial charge in [-0.1, -0.05) is 62.4 Å². The summed E-state index contributed by atoms with van der Waals surface area (Å²) in [5.41, 5.74) is 2.60. The standard InChI is InChI=1S/C26H31N3O3S/c1-15(2)20(22(30)27-16(3)17-11-7-6-8-12-17)28-23(31)21-26(4,5)33-25-19-14-10-9-13-18(19)24(32)29(21)25/h6-16,20-21,25H,1-5H3,(H,27,30)(H,28,31)/t16-,20-,21-,25-/m0/s1. The number of hydrogen-bond acceptors (Lipinski definition) is 4. The van der Waals surface area contributed by atoms with Gasteiger partial charge in [0.25, 0.3) is 5.91 Å². The molecule has 0 bridgehead atoms. The van der Waals surface area contributed by atoms with E-state index in [-0.39, 0.29) is 35.1 Å². The van der Waals surface area contributed by atoms with E-state index in [0.29, 0.717) is 5.56 Å². The monoisotopic (exact) mass is 465 g/mol. The fourth-order valence-electron chi connectivity index (χ4n) is 4.70. The number of carbonyl (C=O) groups excluding carboxylic acids is 3. The van der Waals surface area contributed by atoms with E-state index in [1.807, 2.05) is 89.2 Å². The van der Waals surface area contributed by atoms with Gasteiger partial charge in [-0.2, -0.15) is 0 Å². The van der Waals surface area contributed by atoms with Crippen LogP contribution in [-0.2, 0) is 9.59 Å². The van der Waals surface area contributed by atoms with E-state index in [4.69, 9.17) is 0 Å². The third-order valence-corrected chi connectivity index (χ3v) is 7.99. The van der Waals surface area contributed by atoms with Crippen LogP contribution in [0.3, 0.4) is 0 Å². The van der Waals surface area contributed by atoms with Crippen LogP contribution in [0.2, 0.25) is 0 Å². The Morgan fingerprint density at radius 2 is 1.61 bits per heavy atom. The van der Waals surface area contributed by atoms with Crippen LogP contribution in [0.5, 0.6) is 0 Å². The Bertz CT molecular complexity index is 1070. The van der Waals surface area contributed by atoms with Crippen LogP contribution < -0.4 is 10.6 Å². The molecule has 0 saturated carbocycles. The fraction of sp³-hybridized carbons (Fsp3) is 0.423. The van der Waals surface area contributed by atoms with Gasteiger partial charge < -0.3 is 15.5 Å². The first-order valence-corrected chi connectivity index (χ1v) is 12.2. The number of thioether (sulfide) groups is 1. The SMILES string of the molecule is CC(C)[C@H](NC(=O)[C@@H]1N2C(=O)c3ccccc3[C@@H]2SC1(C)C)C(=O)N[C@@H](C)c1ccccc1. The number of carbonyl (C=O) groups is 3. The van der Waals surface area contributed by atoms with Crippen LogP contribution >= 0.6 is 11.8 Å². The molecule has 2 aliphatic rings. The van der Waals surface area contributed by atoms with E-state index in [1.165, 1.54) is 0 Å². The van der Waals surface area contributed by atoms with Crippen LogP contribution in [0, 0.1) is 5.92 Å². The minimum atomic E-state index is -0.705. The number of amides is 3. The van der Waals surface area contributed by atoms with Gasteiger partial charge in [0.1, 0.15) is 17.5 Å². The molecule has 3 amide bonds. The summed E-state index contributed by atoms with van der Waals surface area (Å²) in [7, 11) is 0. The molecule has 0 unspecified atom stereocenters. The van der Waals surface area contributed by atoms with Crippen molar-refractivity contribution in [2.45, 2.75) is 62.9 Å². The van der Waals surface area contributed by atoms with Crippen LogP contribution in [0.15, 0.2) is 54.6 Å². The van der Waals surface area contributed by atoms with E-state index < -0.39 is 16.8 Å². The molecule has 4 atom stereocenters. The Morgan fingerprint density at radius 3 is 2.27 bits per heavy atom. The van der Waals surface area contributed by atoms with Crippen molar-refractivity contribution < 1.29 is 14.4 Å². The van der Waals surface area contributed by atoms with E-state index >= 15 is 0 Å². The van der Waals surface area contributed by atoms with Crippen LogP contribution in [-0.4, -0.2) is 39.5 Å². The summed E-state index contributed by atoms with van der Waals surface area (Å²) >= 11 is 1.62. The topological polar surface area (TPSA) is 78.5 Å². The van der Waals surface area contributed by atoms with Crippen molar-refractivity contribution in [2.24, 2.45) is 5.92 Å². The van der Waals surface area contributed by atoms with E-state index in [2.05, 4.69) is 10.6 Å². The molecule has 0 radical (unpaired) electrons. The lowest BCUT2D eigenvalue weighted by Crippen LogP contribution is -2.58. The summed E-state index contributed by atoms with van der Waals surface area (Å²) in [6.07, 6.45) is 0. The van der Waals surface area contributed by atoms with Crippen molar-refractivity contribution in [2.75, 3.05) is 0 Å². The average molecular weight is 466 g/mol. The first kappa shape index (κ1) is 23.4. The average Bonchev–Trinajstić information content (AvgIpc) is 3.21. The second-order valence-corrected chi connectivity index (χ2v) is 11.4. The molecule has 174 valence electrons. The molecular weight excluding hydrogens is 434 g/mol. The highest BCUT2D eigenvalue weighted by Gasteiger charge is 2.57. The molecular formula is C26H31N3O3S. The Balaban J connectivity index is 1.53. The van der Waals surface area contributed by atoms with Gasteiger partial charge in [0.2, 0.25) is 11.8 Å². The number of fused-ring (bicyclic) bond motifs is 3. The largest absolute Gasteiger partial charge is 0.348 e. The fourth-order valence-corrected chi connectivity index (χ4v) is 6.29. The molecule has 1 fully saturated rings. The van der Waals surface area contributed by atoms with Crippen molar-refractivity contribution >= 4 is 29.5 Å². The van der Waals surface area contributed by atoms with Gasteiger partial charge in [-0.05, 0) is 43.9 Å². The molecule has 2 aliphatic heterocycles. The smallest absolute Gasteiger partial charge is 0.256 e. The predicted octanol–water partition coefficient (Wildman–Crippen LogP) is 4.05. The van der Waals surface area contributed by atoms with Crippen molar-refractivity contribution in [1.82, 2.24) is 15.5 Å². The summed E-state index contributed by atoms with van der Waals surface area (Å²) in [5.74, 6) is -0.767. The Morgan fingerprint density at radius 1 is 0.970 bits per heavy atom. The number of nitrogens with one attached hydrogen (secondary N) is 2. The molecule has 2 aromatic carbocycles. The highest BCUT2D eigenvalue weighted by Crippen LogP contribution is 2.56. The number of rotatable bonds is 6. The van der Waals surface area contributed by atoms with Crippen molar-refractivity contribution in [3.05, 3.63) is 71.3 Å². The molecule has 0 spiro atoms. The van der Waals surface area contributed by atoms with Gasteiger partial charge in [-0.15, -0.1) is 11.8 Å². The Hall–Kier alpha value is -2.80. The maximum absolute atomic E-state index is 13.6. The van der Waals surface area contributed by atoms with Crippen LogP contribution in [0.25, 0.3) is 0 Å².